The van der Waals surface area contributed by atoms with Crippen molar-refractivity contribution in [3.05, 3.63) is 10.4 Å². The zero-order chi connectivity index (χ0) is 23.5. The Morgan fingerprint density at radius 3 is 1.47 bits per heavy atom. The third-order valence-electron chi connectivity index (χ3n) is 3.85. The van der Waals surface area contributed by atoms with Crippen molar-refractivity contribution in [3.63, 3.8) is 0 Å². The molecule has 1 saturated heterocycles. The summed E-state index contributed by atoms with van der Waals surface area (Å²) in [5, 5.41) is 3.81. The molecule has 0 radical (unpaired) electrons. The van der Waals surface area contributed by atoms with E-state index < -0.39 is 51.8 Å². The van der Waals surface area contributed by atoms with Gasteiger partial charge in [0.25, 0.3) is 0 Å². The van der Waals surface area contributed by atoms with Gasteiger partial charge in [0.05, 0.1) is 18.8 Å². The van der Waals surface area contributed by atoms with Gasteiger partial charge in [-0.2, -0.15) is 0 Å². The third-order valence-corrected chi connectivity index (χ3v) is 7.73. The Hall–Kier alpha value is -0.0225. The highest BCUT2D eigenvalue weighted by molar-refractivity contribution is 6.71. The van der Waals surface area contributed by atoms with E-state index in [4.69, 9.17) is 28.0 Å². The lowest BCUT2D eigenvalue weighted by Crippen LogP contribution is -2.66. The number of nitrogens with zero attached hydrogens (tertiary/aromatic N) is 3. The summed E-state index contributed by atoms with van der Waals surface area (Å²) in [6.45, 7) is 25.9. The van der Waals surface area contributed by atoms with E-state index in [2.05, 4.69) is 88.6 Å². The number of ether oxygens (including phenoxy) is 1. The summed E-state index contributed by atoms with van der Waals surface area (Å²) in [4.78, 5) is 2.95. The van der Waals surface area contributed by atoms with Gasteiger partial charge in [-0.1, -0.05) is 5.11 Å². The van der Waals surface area contributed by atoms with Gasteiger partial charge in [0.2, 0.25) is 0 Å². The van der Waals surface area contributed by atoms with Gasteiger partial charge in [-0.15, -0.1) is 0 Å². The first kappa shape index (κ1) is 28.0. The van der Waals surface area contributed by atoms with E-state index in [1.54, 1.807) is 0 Å². The average Bonchev–Trinajstić information content (AvgIpc) is 2.46. The molecule has 0 amide bonds. The minimum absolute atomic E-state index is 0.169. The molecule has 8 nitrogen and oxygen atoms in total. The zero-order valence-corrected chi connectivity index (χ0v) is 25.0. The maximum Gasteiger partial charge on any atom is 0.187 e. The van der Waals surface area contributed by atoms with Crippen molar-refractivity contribution in [1.82, 2.24) is 0 Å². The van der Waals surface area contributed by atoms with E-state index >= 15 is 0 Å². The Balaban J connectivity index is 3.50. The largest absolute Gasteiger partial charge is 0.409 e. The number of hydrogen-bond acceptors (Lipinski definition) is 6. The molecule has 1 aliphatic heterocycles. The van der Waals surface area contributed by atoms with Gasteiger partial charge in [0, 0.05) is 4.91 Å². The maximum atomic E-state index is 8.93. The van der Waals surface area contributed by atoms with Crippen LogP contribution in [0.2, 0.25) is 78.6 Å². The highest BCUT2D eigenvalue weighted by Crippen LogP contribution is 2.35. The monoisotopic (exact) mass is 493 g/mol. The van der Waals surface area contributed by atoms with Crippen LogP contribution in [0.5, 0.6) is 0 Å². The van der Waals surface area contributed by atoms with Crippen LogP contribution in [0.3, 0.4) is 0 Å². The molecule has 0 bridgehead atoms. The molecule has 176 valence electrons. The lowest BCUT2D eigenvalue weighted by atomic mass is 9.99. The number of rotatable bonds is 10. The summed E-state index contributed by atoms with van der Waals surface area (Å²) in [6.07, 6.45) is -2.14. The molecule has 30 heavy (non-hydrogen) atoms. The van der Waals surface area contributed by atoms with Crippen LogP contribution in [0.4, 0.5) is 0 Å². The first-order valence-electron chi connectivity index (χ1n) is 10.7. The number of hydrogen-bond donors (Lipinski definition) is 0. The van der Waals surface area contributed by atoms with Gasteiger partial charge >= 0.3 is 0 Å². The van der Waals surface area contributed by atoms with Crippen LogP contribution in [-0.2, 0) is 22.4 Å². The molecule has 1 rings (SSSR count). The van der Waals surface area contributed by atoms with Crippen LogP contribution in [-0.4, -0.2) is 70.5 Å². The molecule has 5 atom stereocenters. The van der Waals surface area contributed by atoms with Gasteiger partial charge in [-0.3, -0.25) is 0 Å². The predicted octanol–water partition coefficient (Wildman–Crippen LogP) is 5.53. The Morgan fingerprint density at radius 2 is 1.07 bits per heavy atom. The predicted molar refractivity (Wildman–Crippen MR) is 132 cm³/mol. The summed E-state index contributed by atoms with van der Waals surface area (Å²) < 4.78 is 32.8. The summed E-state index contributed by atoms with van der Waals surface area (Å²) >= 11 is 0. The summed E-state index contributed by atoms with van der Waals surface area (Å²) in [5.74, 6) is 0. The molecule has 0 N–H and O–H groups in total. The van der Waals surface area contributed by atoms with E-state index in [0.29, 0.717) is 0 Å². The molecule has 0 aromatic carbocycles. The van der Waals surface area contributed by atoms with Crippen molar-refractivity contribution < 1.29 is 22.4 Å². The van der Waals surface area contributed by atoms with Crippen LogP contribution in [0, 0.1) is 0 Å². The minimum atomic E-state index is -1.96. The maximum absolute atomic E-state index is 8.93. The molecule has 0 aliphatic carbocycles. The normalized spacial score (nSPS) is 28.9. The lowest BCUT2D eigenvalue weighted by molar-refractivity contribution is -0.260. The molecule has 0 saturated carbocycles. The highest BCUT2D eigenvalue weighted by atomic mass is 28.4. The zero-order valence-electron chi connectivity index (χ0n) is 21.0. The van der Waals surface area contributed by atoms with E-state index in [1.165, 1.54) is 0 Å². The Kier molecular flexibility index (Phi) is 9.60. The minimum Gasteiger partial charge on any atom is -0.409 e. The Bertz CT molecular complexity index is 607. The fourth-order valence-corrected chi connectivity index (χ4v) is 7.35. The fraction of sp³-hybridized carbons (Fsp3) is 1.00. The van der Waals surface area contributed by atoms with Crippen molar-refractivity contribution in [2.24, 2.45) is 5.11 Å². The quantitative estimate of drug-likeness (QED) is 0.172. The molecule has 0 spiro atoms. The van der Waals surface area contributed by atoms with E-state index in [9.17, 15) is 0 Å². The Morgan fingerprint density at radius 1 is 0.667 bits per heavy atom. The van der Waals surface area contributed by atoms with Crippen LogP contribution in [0.25, 0.3) is 10.4 Å². The molecule has 12 heteroatoms. The number of azide groups is 1. The SMILES string of the molecule is C[Si](C)(C)O[C@H]1O[C@H](CN=[N+]=[N-])[C@H](O[Si](C)(C)C)[C@H](O[Si](C)(C)C)[C@H]1O[Si](C)(C)C. The van der Waals surface area contributed by atoms with Gasteiger partial charge in [-0.05, 0) is 84.1 Å². The summed E-state index contributed by atoms with van der Waals surface area (Å²) in [5.41, 5.74) is 8.93. The van der Waals surface area contributed by atoms with Gasteiger partial charge < -0.3 is 22.4 Å². The molecular formula is C18H43N3O5Si4. The second-order valence-corrected chi connectivity index (χ2v) is 29.6. The first-order valence-corrected chi connectivity index (χ1v) is 24.3. The van der Waals surface area contributed by atoms with Gasteiger partial charge in [-0.25, -0.2) is 0 Å². The molecule has 0 aromatic rings. The molecule has 0 unspecified atom stereocenters. The van der Waals surface area contributed by atoms with E-state index in [0.717, 1.165) is 0 Å². The van der Waals surface area contributed by atoms with Crippen LogP contribution < -0.4 is 0 Å². The van der Waals surface area contributed by atoms with Crippen LogP contribution in [0.15, 0.2) is 5.11 Å². The first-order chi connectivity index (χ1) is 13.3. The van der Waals surface area contributed by atoms with Crippen molar-refractivity contribution in [1.29, 1.82) is 0 Å². The van der Waals surface area contributed by atoms with Crippen molar-refractivity contribution in [3.8, 4) is 0 Å². The lowest BCUT2D eigenvalue weighted by Gasteiger charge is -2.51. The van der Waals surface area contributed by atoms with Crippen LogP contribution >= 0.6 is 0 Å². The second-order valence-electron chi connectivity index (χ2n) is 11.8. The third kappa shape index (κ3) is 10.5. The molecule has 1 fully saturated rings. The van der Waals surface area contributed by atoms with E-state index in [-0.39, 0.29) is 18.8 Å². The molecule has 0 aromatic heterocycles. The second kappa shape index (κ2) is 10.3. The average molecular weight is 494 g/mol. The Labute approximate surface area is 187 Å². The topological polar surface area (TPSA) is 94.9 Å². The fourth-order valence-electron chi connectivity index (χ4n) is 3.21. The summed E-state index contributed by atoms with van der Waals surface area (Å²) in [6, 6.07) is 0. The molecule has 1 heterocycles. The van der Waals surface area contributed by atoms with Gasteiger partial charge in [0.1, 0.15) is 12.2 Å². The van der Waals surface area contributed by atoms with Gasteiger partial charge in [0.15, 0.2) is 39.6 Å². The van der Waals surface area contributed by atoms with Crippen molar-refractivity contribution >= 4 is 33.3 Å². The smallest absolute Gasteiger partial charge is 0.187 e. The standard InChI is InChI=1S/C18H43N3O5Si4/c1-27(2,3)23-15-14(13-20-21-19)22-18(26-30(10,11)12)17(25-29(7,8)9)16(15)24-28(4,5)6/h14-18H,13H2,1-12H3/t14-,15+,16+,17-,18-/m1/s1. The summed E-state index contributed by atoms with van der Waals surface area (Å²) in [7, 11) is -7.81. The van der Waals surface area contributed by atoms with Crippen molar-refractivity contribution in [2.45, 2.75) is 109 Å². The molecular weight excluding hydrogens is 451 g/mol. The highest BCUT2D eigenvalue weighted by Gasteiger charge is 2.52. The van der Waals surface area contributed by atoms with Crippen molar-refractivity contribution in [2.75, 3.05) is 6.54 Å². The van der Waals surface area contributed by atoms with E-state index in [1.807, 2.05) is 0 Å². The molecule has 1 aliphatic rings. The van der Waals surface area contributed by atoms with Crippen LogP contribution in [0.1, 0.15) is 0 Å².